The fourth-order valence-corrected chi connectivity index (χ4v) is 4.55. The lowest BCUT2D eigenvalue weighted by atomic mass is 9.96. The van der Waals surface area contributed by atoms with Crippen LogP contribution in [0.3, 0.4) is 0 Å². The summed E-state index contributed by atoms with van der Waals surface area (Å²) >= 11 is 0. The highest BCUT2D eigenvalue weighted by Gasteiger charge is 2.48. The van der Waals surface area contributed by atoms with Crippen LogP contribution in [-0.2, 0) is 48.3 Å². The number of hydrogen-bond donors (Lipinski definition) is 1. The molecule has 0 radical (unpaired) electrons. The Morgan fingerprint density at radius 2 is 1.26 bits per heavy atom. The summed E-state index contributed by atoms with van der Waals surface area (Å²) in [5.41, 5.74) is 3.10. The van der Waals surface area contributed by atoms with Crippen molar-refractivity contribution in [1.29, 1.82) is 0 Å². The number of carbonyl (C=O) groups excluding carboxylic acids is 1. The number of amides is 1. The predicted molar refractivity (Wildman–Crippen MR) is 144 cm³/mol. The molecule has 1 aliphatic heterocycles. The Kier molecular flexibility index (Phi) is 10.9. The minimum atomic E-state index is -0.762. The van der Waals surface area contributed by atoms with Gasteiger partial charge in [-0.05, 0) is 23.6 Å². The highest BCUT2D eigenvalue weighted by molar-refractivity contribution is 5.73. The van der Waals surface area contributed by atoms with E-state index in [0.717, 1.165) is 16.7 Å². The first kappa shape index (κ1) is 28.0. The van der Waals surface area contributed by atoms with Crippen LogP contribution in [0.25, 0.3) is 0 Å². The Morgan fingerprint density at radius 1 is 0.737 bits per heavy atom. The van der Waals surface area contributed by atoms with E-state index in [4.69, 9.17) is 23.7 Å². The van der Waals surface area contributed by atoms with E-state index in [2.05, 4.69) is 5.32 Å². The minimum absolute atomic E-state index is 0.200. The second-order valence-corrected chi connectivity index (χ2v) is 9.25. The average molecular weight is 520 g/mol. The monoisotopic (exact) mass is 519 g/mol. The van der Waals surface area contributed by atoms with Gasteiger partial charge in [0, 0.05) is 13.5 Å². The Morgan fingerprint density at radius 3 is 1.79 bits per heavy atom. The predicted octanol–water partition coefficient (Wildman–Crippen LogP) is 4.64. The van der Waals surface area contributed by atoms with Crippen LogP contribution in [0.2, 0.25) is 0 Å². The molecule has 3 aromatic rings. The fraction of sp³-hybridized carbons (Fsp3) is 0.387. The summed E-state index contributed by atoms with van der Waals surface area (Å²) in [5.74, 6) is -0.200. The van der Waals surface area contributed by atoms with E-state index < -0.39 is 30.6 Å². The van der Waals surface area contributed by atoms with Crippen molar-refractivity contribution in [2.24, 2.45) is 0 Å². The van der Waals surface area contributed by atoms with Gasteiger partial charge in [-0.25, -0.2) is 0 Å². The zero-order valence-corrected chi connectivity index (χ0v) is 22.0. The van der Waals surface area contributed by atoms with Gasteiger partial charge in [-0.15, -0.1) is 0 Å². The summed E-state index contributed by atoms with van der Waals surface area (Å²) in [6, 6.07) is 29.2. The maximum Gasteiger partial charge on any atom is 0.217 e. The summed E-state index contributed by atoms with van der Waals surface area (Å²) in [7, 11) is 0. The van der Waals surface area contributed by atoms with Gasteiger partial charge >= 0.3 is 0 Å². The summed E-state index contributed by atoms with van der Waals surface area (Å²) in [6.07, 6.45) is -2.24. The molecule has 1 heterocycles. The standard InChI is InChI=1S/C31H37NO6/c1-3-35-29-27(22-34-19-24-13-7-4-8-14-24)38-31(37-21-26-17-11-6-12-18-26)28(32-23(2)33)30(29)36-20-25-15-9-5-10-16-25/h4-18,27-31H,3,19-22H2,1-2H3,(H,32,33)/t27-,28-,29-,30-,31+/m1/s1. The summed E-state index contributed by atoms with van der Waals surface area (Å²) in [5, 5.41) is 3.01. The van der Waals surface area contributed by atoms with E-state index in [1.54, 1.807) is 0 Å². The van der Waals surface area contributed by atoms with Crippen LogP contribution >= 0.6 is 0 Å². The Bertz CT molecular complexity index is 1080. The minimum Gasteiger partial charge on any atom is -0.374 e. The van der Waals surface area contributed by atoms with E-state index >= 15 is 0 Å². The zero-order valence-electron chi connectivity index (χ0n) is 22.0. The van der Waals surface area contributed by atoms with Gasteiger partial charge in [-0.3, -0.25) is 4.79 Å². The molecule has 38 heavy (non-hydrogen) atoms. The molecule has 1 aliphatic rings. The van der Waals surface area contributed by atoms with Gasteiger partial charge in [-0.2, -0.15) is 0 Å². The van der Waals surface area contributed by atoms with Crippen LogP contribution in [0.1, 0.15) is 30.5 Å². The average Bonchev–Trinajstić information content (AvgIpc) is 2.94. The van der Waals surface area contributed by atoms with Crippen LogP contribution in [0, 0.1) is 0 Å². The Balaban J connectivity index is 1.55. The topological polar surface area (TPSA) is 75.3 Å². The van der Waals surface area contributed by atoms with Crippen molar-refractivity contribution in [2.45, 2.75) is 64.3 Å². The highest BCUT2D eigenvalue weighted by atomic mass is 16.7. The maximum atomic E-state index is 12.3. The third-order valence-corrected chi connectivity index (χ3v) is 6.31. The molecular weight excluding hydrogens is 482 g/mol. The molecule has 7 nitrogen and oxygen atoms in total. The van der Waals surface area contributed by atoms with Gasteiger partial charge in [0.25, 0.3) is 0 Å². The molecule has 202 valence electrons. The molecule has 7 heteroatoms. The molecular formula is C31H37NO6. The lowest BCUT2D eigenvalue weighted by Crippen LogP contribution is -2.66. The molecule has 5 atom stereocenters. The van der Waals surface area contributed by atoms with Gasteiger partial charge in [0.05, 0.1) is 26.4 Å². The van der Waals surface area contributed by atoms with E-state index in [-0.39, 0.29) is 12.5 Å². The third kappa shape index (κ3) is 8.21. The second kappa shape index (κ2) is 14.8. The Labute approximate surface area is 225 Å². The van der Waals surface area contributed by atoms with Gasteiger partial charge in [0.2, 0.25) is 5.91 Å². The van der Waals surface area contributed by atoms with Gasteiger partial charge in [0.15, 0.2) is 6.29 Å². The lowest BCUT2D eigenvalue weighted by molar-refractivity contribution is -0.291. The van der Waals surface area contributed by atoms with E-state index in [0.29, 0.717) is 26.4 Å². The van der Waals surface area contributed by atoms with Crippen molar-refractivity contribution in [1.82, 2.24) is 5.32 Å². The molecule has 0 aromatic heterocycles. The number of nitrogens with one attached hydrogen (secondary N) is 1. The largest absolute Gasteiger partial charge is 0.374 e. The first-order chi connectivity index (χ1) is 18.6. The molecule has 3 aromatic carbocycles. The van der Waals surface area contributed by atoms with Crippen LogP contribution in [-0.4, -0.2) is 49.8 Å². The highest BCUT2D eigenvalue weighted by Crippen LogP contribution is 2.29. The number of carbonyl (C=O) groups is 1. The molecule has 0 unspecified atom stereocenters. The number of benzene rings is 3. The zero-order chi connectivity index (χ0) is 26.6. The maximum absolute atomic E-state index is 12.3. The molecule has 1 saturated heterocycles. The first-order valence-corrected chi connectivity index (χ1v) is 13.1. The quantitative estimate of drug-likeness (QED) is 0.355. The fourth-order valence-electron chi connectivity index (χ4n) is 4.55. The lowest BCUT2D eigenvalue weighted by Gasteiger charge is -2.46. The number of rotatable bonds is 13. The van der Waals surface area contributed by atoms with Gasteiger partial charge in [0.1, 0.15) is 24.4 Å². The normalized spacial score (nSPS) is 23.2. The summed E-state index contributed by atoms with van der Waals surface area (Å²) in [6.45, 7) is 5.27. The van der Waals surface area contributed by atoms with Gasteiger partial charge < -0.3 is 29.0 Å². The summed E-state index contributed by atoms with van der Waals surface area (Å²) in [4.78, 5) is 12.3. The van der Waals surface area contributed by atoms with E-state index in [1.807, 2.05) is 97.9 Å². The first-order valence-electron chi connectivity index (χ1n) is 13.1. The molecule has 0 spiro atoms. The third-order valence-electron chi connectivity index (χ3n) is 6.31. The van der Waals surface area contributed by atoms with Crippen LogP contribution < -0.4 is 5.32 Å². The van der Waals surface area contributed by atoms with Crippen LogP contribution in [0.4, 0.5) is 0 Å². The number of ether oxygens (including phenoxy) is 5. The molecule has 4 rings (SSSR count). The van der Waals surface area contributed by atoms with Crippen molar-refractivity contribution in [2.75, 3.05) is 13.2 Å². The van der Waals surface area contributed by atoms with Crippen molar-refractivity contribution >= 4 is 5.91 Å². The van der Waals surface area contributed by atoms with E-state index in [9.17, 15) is 4.79 Å². The molecule has 1 fully saturated rings. The van der Waals surface area contributed by atoms with Gasteiger partial charge in [-0.1, -0.05) is 91.0 Å². The molecule has 0 aliphatic carbocycles. The number of hydrogen-bond acceptors (Lipinski definition) is 6. The molecule has 0 saturated carbocycles. The second-order valence-electron chi connectivity index (χ2n) is 9.25. The smallest absolute Gasteiger partial charge is 0.217 e. The van der Waals surface area contributed by atoms with Crippen LogP contribution in [0.15, 0.2) is 91.0 Å². The molecule has 1 amide bonds. The molecule has 1 N–H and O–H groups in total. The van der Waals surface area contributed by atoms with Crippen LogP contribution in [0.5, 0.6) is 0 Å². The van der Waals surface area contributed by atoms with E-state index in [1.165, 1.54) is 6.92 Å². The summed E-state index contributed by atoms with van der Waals surface area (Å²) < 4.78 is 31.4. The van der Waals surface area contributed by atoms with Crippen molar-refractivity contribution in [3.63, 3.8) is 0 Å². The molecule has 0 bridgehead atoms. The van der Waals surface area contributed by atoms with Crippen molar-refractivity contribution in [3.8, 4) is 0 Å². The van der Waals surface area contributed by atoms with Crippen molar-refractivity contribution in [3.05, 3.63) is 108 Å². The Hall–Kier alpha value is -3.07. The SMILES string of the molecule is CCO[C@H]1[C@H](OCc2ccccc2)[C@@H](NC(C)=O)[C@@H](OCc2ccccc2)O[C@@H]1COCc1ccccc1. The van der Waals surface area contributed by atoms with Crippen molar-refractivity contribution < 1.29 is 28.5 Å².